The number of hydrogen-bond acceptors (Lipinski definition) is 3. The number of rotatable bonds is 4. The van der Waals surface area contributed by atoms with E-state index in [9.17, 15) is 0 Å². The second-order valence-corrected chi connectivity index (χ2v) is 4.86. The van der Waals surface area contributed by atoms with E-state index in [1.807, 2.05) is 0 Å². The first-order valence-electron chi connectivity index (χ1n) is 6.48. The molecule has 0 aliphatic carbocycles. The summed E-state index contributed by atoms with van der Waals surface area (Å²) >= 11 is 0. The Hall–Kier alpha value is -1.81. The zero-order valence-corrected chi connectivity index (χ0v) is 12.0. The van der Waals surface area contributed by atoms with Gasteiger partial charge in [-0.05, 0) is 56.1 Å². The monoisotopic (exact) mass is 259 g/mol. The Labute approximate surface area is 114 Å². The largest absolute Gasteiger partial charge is 0.496 e. The molecule has 4 nitrogen and oxygen atoms in total. The molecule has 0 atom stereocenters. The van der Waals surface area contributed by atoms with Crippen LogP contribution in [0, 0.1) is 20.8 Å². The SMILES string of the molecule is COc1c(C)cc(-c2n[nH]c(CCN)c2C)cc1C. The Kier molecular flexibility index (Phi) is 3.90. The second-order valence-electron chi connectivity index (χ2n) is 4.86. The van der Waals surface area contributed by atoms with Gasteiger partial charge in [-0.15, -0.1) is 0 Å². The summed E-state index contributed by atoms with van der Waals surface area (Å²) in [6.07, 6.45) is 0.826. The lowest BCUT2D eigenvalue weighted by molar-refractivity contribution is 0.408. The van der Waals surface area contributed by atoms with Gasteiger partial charge in [-0.1, -0.05) is 0 Å². The third kappa shape index (κ3) is 2.49. The highest BCUT2D eigenvalue weighted by atomic mass is 16.5. The Morgan fingerprint density at radius 3 is 2.37 bits per heavy atom. The minimum absolute atomic E-state index is 0.628. The molecule has 19 heavy (non-hydrogen) atoms. The molecule has 1 aromatic heterocycles. The van der Waals surface area contributed by atoms with Gasteiger partial charge in [0.25, 0.3) is 0 Å². The third-order valence-electron chi connectivity index (χ3n) is 3.44. The number of nitrogens with one attached hydrogen (secondary N) is 1. The fourth-order valence-corrected chi connectivity index (χ4v) is 2.51. The van der Waals surface area contributed by atoms with Crippen molar-refractivity contribution in [2.45, 2.75) is 27.2 Å². The molecule has 0 unspecified atom stereocenters. The van der Waals surface area contributed by atoms with Crippen molar-refractivity contribution in [2.75, 3.05) is 13.7 Å². The van der Waals surface area contributed by atoms with Gasteiger partial charge in [0.15, 0.2) is 0 Å². The molecule has 0 aliphatic rings. The lowest BCUT2D eigenvalue weighted by atomic mass is 10.0. The van der Waals surface area contributed by atoms with Crippen molar-refractivity contribution in [1.82, 2.24) is 10.2 Å². The van der Waals surface area contributed by atoms with Gasteiger partial charge in [-0.3, -0.25) is 5.10 Å². The summed E-state index contributed by atoms with van der Waals surface area (Å²) in [6.45, 7) is 6.82. The summed E-state index contributed by atoms with van der Waals surface area (Å²) in [5.41, 5.74) is 12.3. The zero-order chi connectivity index (χ0) is 14.0. The molecule has 1 aromatic carbocycles. The van der Waals surface area contributed by atoms with E-state index in [4.69, 9.17) is 10.5 Å². The minimum atomic E-state index is 0.628. The molecule has 0 amide bonds. The van der Waals surface area contributed by atoms with Crippen LogP contribution >= 0.6 is 0 Å². The number of hydrogen-bond donors (Lipinski definition) is 2. The molecule has 0 spiro atoms. The molecule has 4 heteroatoms. The average molecular weight is 259 g/mol. The van der Waals surface area contributed by atoms with E-state index in [0.29, 0.717) is 6.54 Å². The molecule has 0 aliphatic heterocycles. The maximum atomic E-state index is 5.60. The highest BCUT2D eigenvalue weighted by Crippen LogP contribution is 2.31. The van der Waals surface area contributed by atoms with Crippen LogP contribution in [-0.4, -0.2) is 23.9 Å². The Bertz CT molecular complexity index is 564. The summed E-state index contributed by atoms with van der Waals surface area (Å²) in [5.74, 6) is 0.944. The summed E-state index contributed by atoms with van der Waals surface area (Å²) in [6, 6.07) is 4.22. The molecular weight excluding hydrogens is 238 g/mol. The van der Waals surface area contributed by atoms with E-state index in [0.717, 1.165) is 40.2 Å². The molecule has 0 bridgehead atoms. The van der Waals surface area contributed by atoms with E-state index in [1.165, 1.54) is 5.56 Å². The van der Waals surface area contributed by atoms with Crippen LogP contribution in [0.4, 0.5) is 0 Å². The van der Waals surface area contributed by atoms with Crippen LogP contribution in [0.3, 0.4) is 0 Å². The van der Waals surface area contributed by atoms with Gasteiger partial charge in [-0.25, -0.2) is 0 Å². The standard InChI is InChI=1S/C15H21N3O/c1-9-7-12(8-10(2)15(9)19-4)14-11(3)13(5-6-16)17-18-14/h7-8H,5-6,16H2,1-4H3,(H,17,18). The van der Waals surface area contributed by atoms with E-state index in [-0.39, 0.29) is 0 Å². The number of ether oxygens (including phenoxy) is 1. The molecule has 1 heterocycles. The summed E-state index contributed by atoms with van der Waals surface area (Å²) < 4.78 is 5.40. The number of benzene rings is 1. The van der Waals surface area contributed by atoms with Crippen LogP contribution < -0.4 is 10.5 Å². The Morgan fingerprint density at radius 2 is 1.84 bits per heavy atom. The van der Waals surface area contributed by atoms with Crippen LogP contribution in [0.5, 0.6) is 5.75 Å². The minimum Gasteiger partial charge on any atom is -0.496 e. The number of nitrogens with two attached hydrogens (primary N) is 1. The number of aromatic amines is 1. The smallest absolute Gasteiger partial charge is 0.124 e. The quantitative estimate of drug-likeness (QED) is 0.886. The Balaban J connectivity index is 2.48. The number of methoxy groups -OCH3 is 1. The fraction of sp³-hybridized carbons (Fsp3) is 0.400. The third-order valence-corrected chi connectivity index (χ3v) is 3.44. The number of nitrogens with zero attached hydrogens (tertiary/aromatic N) is 1. The maximum Gasteiger partial charge on any atom is 0.124 e. The van der Waals surface area contributed by atoms with Crippen LogP contribution in [0.25, 0.3) is 11.3 Å². The van der Waals surface area contributed by atoms with Gasteiger partial charge in [0.05, 0.1) is 12.8 Å². The molecule has 102 valence electrons. The molecular formula is C15H21N3O. The van der Waals surface area contributed by atoms with Gasteiger partial charge < -0.3 is 10.5 Å². The van der Waals surface area contributed by atoms with Gasteiger partial charge in [0, 0.05) is 17.7 Å². The van der Waals surface area contributed by atoms with Crippen molar-refractivity contribution >= 4 is 0 Å². The van der Waals surface area contributed by atoms with E-state index in [1.54, 1.807) is 7.11 Å². The van der Waals surface area contributed by atoms with Crippen molar-refractivity contribution in [1.29, 1.82) is 0 Å². The topological polar surface area (TPSA) is 63.9 Å². The lowest BCUT2D eigenvalue weighted by Gasteiger charge is -2.10. The Morgan fingerprint density at radius 1 is 1.21 bits per heavy atom. The normalized spacial score (nSPS) is 10.8. The van der Waals surface area contributed by atoms with E-state index in [2.05, 4.69) is 43.1 Å². The molecule has 2 rings (SSSR count). The van der Waals surface area contributed by atoms with Crippen molar-refractivity contribution < 1.29 is 4.74 Å². The van der Waals surface area contributed by atoms with E-state index >= 15 is 0 Å². The van der Waals surface area contributed by atoms with Crippen molar-refractivity contribution in [3.05, 3.63) is 34.5 Å². The van der Waals surface area contributed by atoms with Crippen LogP contribution in [0.1, 0.15) is 22.4 Å². The van der Waals surface area contributed by atoms with Crippen LogP contribution in [0.2, 0.25) is 0 Å². The zero-order valence-electron chi connectivity index (χ0n) is 12.0. The fourth-order valence-electron chi connectivity index (χ4n) is 2.51. The number of aromatic nitrogens is 2. The maximum absolute atomic E-state index is 5.60. The number of aryl methyl sites for hydroxylation is 2. The van der Waals surface area contributed by atoms with E-state index < -0.39 is 0 Å². The molecule has 0 saturated heterocycles. The first kappa shape index (κ1) is 13.6. The van der Waals surface area contributed by atoms with Crippen LogP contribution in [-0.2, 0) is 6.42 Å². The molecule has 0 radical (unpaired) electrons. The molecule has 2 aromatic rings. The highest BCUT2D eigenvalue weighted by Gasteiger charge is 2.13. The van der Waals surface area contributed by atoms with Crippen molar-refractivity contribution in [3.63, 3.8) is 0 Å². The molecule has 0 saturated carbocycles. The first-order valence-corrected chi connectivity index (χ1v) is 6.48. The van der Waals surface area contributed by atoms with Gasteiger partial charge in [0.1, 0.15) is 5.75 Å². The predicted molar refractivity (Wildman–Crippen MR) is 77.5 cm³/mol. The van der Waals surface area contributed by atoms with Gasteiger partial charge >= 0.3 is 0 Å². The average Bonchev–Trinajstić information content (AvgIpc) is 2.71. The molecule has 3 N–H and O–H groups in total. The predicted octanol–water partition coefficient (Wildman–Crippen LogP) is 2.51. The number of H-pyrrole nitrogens is 1. The molecule has 0 fully saturated rings. The van der Waals surface area contributed by atoms with Gasteiger partial charge in [0.2, 0.25) is 0 Å². The van der Waals surface area contributed by atoms with Crippen molar-refractivity contribution in [2.24, 2.45) is 5.73 Å². The van der Waals surface area contributed by atoms with Crippen LogP contribution in [0.15, 0.2) is 12.1 Å². The second kappa shape index (κ2) is 5.45. The van der Waals surface area contributed by atoms with Gasteiger partial charge in [-0.2, -0.15) is 5.10 Å². The highest BCUT2D eigenvalue weighted by molar-refractivity contribution is 5.67. The summed E-state index contributed by atoms with van der Waals surface area (Å²) in [4.78, 5) is 0. The van der Waals surface area contributed by atoms with Crippen molar-refractivity contribution in [3.8, 4) is 17.0 Å². The first-order chi connectivity index (χ1) is 9.08. The lowest BCUT2D eigenvalue weighted by Crippen LogP contribution is -2.03. The summed E-state index contributed by atoms with van der Waals surface area (Å²) in [5, 5.41) is 7.50. The summed E-state index contributed by atoms with van der Waals surface area (Å²) in [7, 11) is 1.70.